The summed E-state index contributed by atoms with van der Waals surface area (Å²) in [5.74, 6) is 0.585. The van der Waals surface area contributed by atoms with Crippen LogP contribution in [-0.4, -0.2) is 33.4 Å². The van der Waals surface area contributed by atoms with Crippen molar-refractivity contribution < 1.29 is 5.11 Å². The van der Waals surface area contributed by atoms with Gasteiger partial charge in [-0.15, -0.1) is 5.10 Å². The van der Waals surface area contributed by atoms with Crippen LogP contribution in [0.1, 0.15) is 30.7 Å². The van der Waals surface area contributed by atoms with E-state index in [1.165, 1.54) is 0 Å². The molecule has 1 rings (SSSR count). The molecular weight excluding hydrogens is 192 g/mol. The molecule has 84 valence electrons. The maximum absolute atomic E-state index is 8.59. The van der Waals surface area contributed by atoms with Gasteiger partial charge in [0.25, 0.3) is 0 Å². The molecule has 0 aliphatic carbocycles. The predicted octanol–water partition coefficient (Wildman–Crippen LogP) is 1.06. The van der Waals surface area contributed by atoms with Crippen molar-refractivity contribution in [1.82, 2.24) is 15.2 Å². The summed E-state index contributed by atoms with van der Waals surface area (Å²) in [5.41, 5.74) is 1.77. The summed E-state index contributed by atoms with van der Waals surface area (Å²) < 4.78 is 0. The second-order valence-corrected chi connectivity index (χ2v) is 3.52. The Hall–Kier alpha value is -1.23. The number of aromatic nitrogens is 3. The van der Waals surface area contributed by atoms with Crippen LogP contribution in [0.4, 0.5) is 5.95 Å². The van der Waals surface area contributed by atoms with E-state index in [0.717, 1.165) is 37.2 Å². The standard InChI is InChI=1S/C10H18N4O/c1-8-9(2)13-14-10(12-8)11-6-4-3-5-7-15/h15H,3-7H2,1-2H3,(H,11,12,14). The van der Waals surface area contributed by atoms with Gasteiger partial charge in [0.05, 0.1) is 11.4 Å². The maximum Gasteiger partial charge on any atom is 0.242 e. The first-order chi connectivity index (χ1) is 7.24. The fourth-order valence-corrected chi connectivity index (χ4v) is 1.15. The lowest BCUT2D eigenvalue weighted by Gasteiger charge is -2.04. The van der Waals surface area contributed by atoms with Crippen LogP contribution < -0.4 is 5.32 Å². The van der Waals surface area contributed by atoms with Crippen molar-refractivity contribution in [3.8, 4) is 0 Å². The van der Waals surface area contributed by atoms with E-state index in [1.54, 1.807) is 0 Å². The van der Waals surface area contributed by atoms with E-state index in [4.69, 9.17) is 5.11 Å². The Balaban J connectivity index is 2.28. The Kier molecular flexibility index (Phi) is 4.97. The van der Waals surface area contributed by atoms with Crippen LogP contribution in [0.25, 0.3) is 0 Å². The van der Waals surface area contributed by atoms with Gasteiger partial charge < -0.3 is 10.4 Å². The molecule has 1 aromatic rings. The molecule has 0 amide bonds. The van der Waals surface area contributed by atoms with Gasteiger partial charge in [-0.25, -0.2) is 4.98 Å². The van der Waals surface area contributed by atoms with Gasteiger partial charge in [0.2, 0.25) is 5.95 Å². The lowest BCUT2D eigenvalue weighted by molar-refractivity contribution is 0.283. The molecular formula is C10H18N4O. The smallest absolute Gasteiger partial charge is 0.242 e. The largest absolute Gasteiger partial charge is 0.396 e. The van der Waals surface area contributed by atoms with Crippen molar-refractivity contribution >= 4 is 5.95 Å². The van der Waals surface area contributed by atoms with Gasteiger partial charge in [-0.1, -0.05) is 0 Å². The molecule has 0 unspecified atom stereocenters. The van der Waals surface area contributed by atoms with Gasteiger partial charge in [-0.05, 0) is 33.1 Å². The number of rotatable bonds is 6. The number of anilines is 1. The molecule has 0 atom stereocenters. The van der Waals surface area contributed by atoms with Crippen LogP contribution in [0.5, 0.6) is 0 Å². The maximum atomic E-state index is 8.59. The van der Waals surface area contributed by atoms with Crippen LogP contribution in [0.3, 0.4) is 0 Å². The second-order valence-electron chi connectivity index (χ2n) is 3.52. The highest BCUT2D eigenvalue weighted by molar-refractivity contribution is 5.24. The summed E-state index contributed by atoms with van der Waals surface area (Å²) in [5, 5.41) is 19.6. The summed E-state index contributed by atoms with van der Waals surface area (Å²) in [4.78, 5) is 4.26. The highest BCUT2D eigenvalue weighted by atomic mass is 16.2. The zero-order valence-corrected chi connectivity index (χ0v) is 9.32. The van der Waals surface area contributed by atoms with Crippen molar-refractivity contribution in [2.75, 3.05) is 18.5 Å². The summed E-state index contributed by atoms with van der Waals surface area (Å²) in [6.07, 6.45) is 2.88. The second kappa shape index (κ2) is 6.29. The molecule has 5 nitrogen and oxygen atoms in total. The molecule has 1 heterocycles. The van der Waals surface area contributed by atoms with Crippen molar-refractivity contribution in [2.24, 2.45) is 0 Å². The van der Waals surface area contributed by atoms with Crippen LogP contribution >= 0.6 is 0 Å². The minimum Gasteiger partial charge on any atom is -0.396 e. The minimum atomic E-state index is 0.266. The molecule has 0 saturated heterocycles. The van der Waals surface area contributed by atoms with Crippen LogP contribution in [-0.2, 0) is 0 Å². The highest BCUT2D eigenvalue weighted by Gasteiger charge is 1.99. The van der Waals surface area contributed by atoms with Gasteiger partial charge in [0.15, 0.2) is 0 Å². The molecule has 0 saturated carbocycles. The van der Waals surface area contributed by atoms with Gasteiger partial charge >= 0.3 is 0 Å². The minimum absolute atomic E-state index is 0.266. The first-order valence-electron chi connectivity index (χ1n) is 5.26. The zero-order valence-electron chi connectivity index (χ0n) is 9.32. The molecule has 15 heavy (non-hydrogen) atoms. The van der Waals surface area contributed by atoms with E-state index in [2.05, 4.69) is 20.5 Å². The molecule has 0 radical (unpaired) electrons. The number of hydrogen-bond donors (Lipinski definition) is 2. The zero-order chi connectivity index (χ0) is 11.1. The summed E-state index contributed by atoms with van der Waals surface area (Å²) >= 11 is 0. The molecule has 2 N–H and O–H groups in total. The van der Waals surface area contributed by atoms with Gasteiger partial charge in [0, 0.05) is 13.2 Å². The Morgan fingerprint density at radius 2 is 1.87 bits per heavy atom. The quantitative estimate of drug-likeness (QED) is 0.687. The summed E-state index contributed by atoms with van der Waals surface area (Å²) in [7, 11) is 0. The Labute approximate surface area is 90.0 Å². The Morgan fingerprint density at radius 1 is 1.07 bits per heavy atom. The number of aryl methyl sites for hydroxylation is 2. The average Bonchev–Trinajstić information content (AvgIpc) is 2.23. The Morgan fingerprint density at radius 3 is 2.53 bits per heavy atom. The highest BCUT2D eigenvalue weighted by Crippen LogP contribution is 2.02. The van der Waals surface area contributed by atoms with E-state index in [1.807, 2.05) is 13.8 Å². The van der Waals surface area contributed by atoms with Crippen molar-refractivity contribution in [2.45, 2.75) is 33.1 Å². The fourth-order valence-electron chi connectivity index (χ4n) is 1.15. The van der Waals surface area contributed by atoms with Gasteiger partial charge in [0.1, 0.15) is 0 Å². The third kappa shape index (κ3) is 4.20. The number of unbranched alkanes of at least 4 members (excludes halogenated alkanes) is 2. The number of nitrogens with one attached hydrogen (secondary N) is 1. The monoisotopic (exact) mass is 210 g/mol. The lowest BCUT2D eigenvalue weighted by atomic mass is 10.2. The molecule has 1 aromatic heterocycles. The third-order valence-corrected chi connectivity index (χ3v) is 2.21. The molecule has 0 aliphatic heterocycles. The van der Waals surface area contributed by atoms with Crippen molar-refractivity contribution in [3.05, 3.63) is 11.4 Å². The Bertz CT molecular complexity index is 303. The fraction of sp³-hybridized carbons (Fsp3) is 0.700. The number of aliphatic hydroxyl groups is 1. The molecule has 0 aliphatic rings. The average molecular weight is 210 g/mol. The third-order valence-electron chi connectivity index (χ3n) is 2.21. The molecule has 0 spiro atoms. The van der Waals surface area contributed by atoms with E-state index in [9.17, 15) is 0 Å². The van der Waals surface area contributed by atoms with E-state index in [-0.39, 0.29) is 6.61 Å². The molecule has 5 heteroatoms. The molecule has 0 bridgehead atoms. The summed E-state index contributed by atoms with van der Waals surface area (Å²) in [6.45, 7) is 4.90. The van der Waals surface area contributed by atoms with E-state index >= 15 is 0 Å². The topological polar surface area (TPSA) is 70.9 Å². The van der Waals surface area contributed by atoms with E-state index < -0.39 is 0 Å². The van der Waals surface area contributed by atoms with Crippen molar-refractivity contribution in [1.29, 1.82) is 0 Å². The molecule has 0 aromatic carbocycles. The number of aliphatic hydroxyl groups excluding tert-OH is 1. The van der Waals surface area contributed by atoms with Crippen LogP contribution in [0.2, 0.25) is 0 Å². The van der Waals surface area contributed by atoms with Crippen LogP contribution in [0.15, 0.2) is 0 Å². The van der Waals surface area contributed by atoms with Gasteiger partial charge in [-0.2, -0.15) is 5.10 Å². The predicted molar refractivity (Wildman–Crippen MR) is 58.7 cm³/mol. The number of hydrogen-bond acceptors (Lipinski definition) is 5. The lowest BCUT2D eigenvalue weighted by Crippen LogP contribution is -2.08. The normalized spacial score (nSPS) is 10.3. The SMILES string of the molecule is Cc1nnc(NCCCCCO)nc1C. The van der Waals surface area contributed by atoms with Crippen LogP contribution in [0, 0.1) is 13.8 Å². The first kappa shape index (κ1) is 11.8. The molecule has 0 fully saturated rings. The summed E-state index contributed by atoms with van der Waals surface area (Å²) in [6, 6.07) is 0. The van der Waals surface area contributed by atoms with Crippen molar-refractivity contribution in [3.63, 3.8) is 0 Å². The van der Waals surface area contributed by atoms with Gasteiger partial charge in [-0.3, -0.25) is 0 Å². The van der Waals surface area contributed by atoms with E-state index in [0.29, 0.717) is 5.95 Å². The number of nitrogens with zero attached hydrogens (tertiary/aromatic N) is 3. The first-order valence-corrected chi connectivity index (χ1v) is 5.26.